The maximum atomic E-state index is 13.2. The van der Waals surface area contributed by atoms with Crippen molar-refractivity contribution in [3.8, 4) is 17.2 Å². The summed E-state index contributed by atoms with van der Waals surface area (Å²) in [5.74, 6) is -2.03. The topological polar surface area (TPSA) is 152 Å². The van der Waals surface area contributed by atoms with Gasteiger partial charge in [-0.3, -0.25) is 9.80 Å². The van der Waals surface area contributed by atoms with Gasteiger partial charge in [-0.2, -0.15) is 0 Å². The van der Waals surface area contributed by atoms with Crippen molar-refractivity contribution in [3.63, 3.8) is 0 Å². The number of fused-ring (bicyclic) bond motifs is 3. The van der Waals surface area contributed by atoms with Crippen molar-refractivity contribution in [1.29, 1.82) is 0 Å². The number of halogens is 1. The van der Waals surface area contributed by atoms with Crippen LogP contribution in [-0.4, -0.2) is 106 Å². The molecule has 0 bridgehead atoms. The van der Waals surface area contributed by atoms with Crippen molar-refractivity contribution in [3.05, 3.63) is 51.5 Å². The average molecular weight is 551 g/mol. The van der Waals surface area contributed by atoms with E-state index in [1.54, 1.807) is 0 Å². The van der Waals surface area contributed by atoms with E-state index in [4.69, 9.17) is 25.8 Å². The Kier molecular flexibility index (Phi) is 7.70. The SMILES string of the molecule is COc1c(O)c(CN2CCN(Cc3cccc(Cl)c3)CC2)c2c(c1O)[C@@H]1O[C@H](CO)[C@@H](O)[C@H](O)[C@@H]1OC2=O. The molecule has 3 heterocycles. The Morgan fingerprint density at radius 2 is 1.74 bits per heavy atom. The first kappa shape index (κ1) is 26.9. The van der Waals surface area contributed by atoms with E-state index < -0.39 is 54.6 Å². The van der Waals surface area contributed by atoms with Gasteiger partial charge in [-0.05, 0) is 17.7 Å². The molecule has 0 aliphatic carbocycles. The lowest BCUT2D eigenvalue weighted by Gasteiger charge is -2.45. The van der Waals surface area contributed by atoms with Crippen LogP contribution in [0.5, 0.6) is 17.2 Å². The number of ether oxygens (including phenoxy) is 3. The van der Waals surface area contributed by atoms with Crippen LogP contribution >= 0.6 is 11.6 Å². The third-order valence-electron chi connectivity index (χ3n) is 7.49. The van der Waals surface area contributed by atoms with Gasteiger partial charge in [0.2, 0.25) is 5.75 Å². The van der Waals surface area contributed by atoms with E-state index in [-0.39, 0.29) is 29.0 Å². The Morgan fingerprint density at radius 3 is 2.37 bits per heavy atom. The van der Waals surface area contributed by atoms with Crippen molar-refractivity contribution in [2.45, 2.75) is 43.6 Å². The lowest BCUT2D eigenvalue weighted by molar-refractivity contribution is -0.235. The number of esters is 1. The molecule has 0 unspecified atom stereocenters. The first-order chi connectivity index (χ1) is 18.2. The van der Waals surface area contributed by atoms with Crippen LogP contribution in [0.4, 0.5) is 0 Å². The number of piperazine rings is 1. The zero-order valence-corrected chi connectivity index (χ0v) is 21.5. The highest BCUT2D eigenvalue weighted by atomic mass is 35.5. The Bertz CT molecular complexity index is 1200. The molecule has 2 fully saturated rings. The number of nitrogens with zero attached hydrogens (tertiary/aromatic N) is 2. The second-order valence-corrected chi connectivity index (χ2v) is 10.2. The molecule has 0 radical (unpaired) electrons. The van der Waals surface area contributed by atoms with Crippen LogP contribution in [0.15, 0.2) is 24.3 Å². The van der Waals surface area contributed by atoms with Crippen LogP contribution in [-0.2, 0) is 22.6 Å². The smallest absolute Gasteiger partial charge is 0.339 e. The quantitative estimate of drug-likeness (QED) is 0.324. The number of aromatic hydroxyl groups is 2. The van der Waals surface area contributed by atoms with E-state index in [2.05, 4.69) is 9.80 Å². The van der Waals surface area contributed by atoms with Crippen LogP contribution in [0.25, 0.3) is 0 Å². The van der Waals surface area contributed by atoms with E-state index >= 15 is 0 Å². The highest BCUT2D eigenvalue weighted by Gasteiger charge is 2.53. The summed E-state index contributed by atoms with van der Waals surface area (Å²) in [6.45, 7) is 3.08. The Balaban J connectivity index is 1.42. The predicted molar refractivity (Wildman–Crippen MR) is 134 cm³/mol. The molecule has 0 spiro atoms. The van der Waals surface area contributed by atoms with Gasteiger partial charge in [-0.25, -0.2) is 4.79 Å². The lowest BCUT2D eigenvalue weighted by Crippen LogP contribution is -2.58. The molecule has 5 N–H and O–H groups in total. The van der Waals surface area contributed by atoms with Crippen LogP contribution in [0, 0.1) is 0 Å². The Hall–Kier alpha value is -2.64. The number of carbonyl (C=O) groups is 1. The summed E-state index contributed by atoms with van der Waals surface area (Å²) in [6, 6.07) is 7.71. The van der Waals surface area contributed by atoms with Crippen molar-refractivity contribution in [1.82, 2.24) is 9.80 Å². The monoisotopic (exact) mass is 550 g/mol. The zero-order chi connectivity index (χ0) is 27.1. The van der Waals surface area contributed by atoms with Crippen LogP contribution in [0.3, 0.4) is 0 Å². The fraction of sp³-hybridized carbons (Fsp3) is 0.500. The molecule has 5 atom stereocenters. The molecule has 2 aromatic rings. The highest BCUT2D eigenvalue weighted by Crippen LogP contribution is 2.52. The molecule has 0 amide bonds. The lowest BCUT2D eigenvalue weighted by atomic mass is 9.84. The second kappa shape index (κ2) is 10.9. The fourth-order valence-electron chi connectivity index (χ4n) is 5.49. The molecule has 3 aliphatic rings. The first-order valence-electron chi connectivity index (χ1n) is 12.4. The number of carbonyl (C=O) groups excluding carboxylic acids is 1. The molecule has 0 aromatic heterocycles. The standard InChI is InChI=1S/C26H31ClN2O9/c1-36-24-19(31)15(11-29-7-5-28(6-8-29)10-13-3-2-4-14(27)9-13)17-18(21(24)33)23-25(38-26(17)35)22(34)20(32)16(12-30)37-23/h2-4,9,16,20,22-23,25,30-34H,5-8,10-12H2,1H3/t16-,20-,22+,23+,25+/m1/s1. The number of rotatable bonds is 6. The molecule has 3 aliphatic heterocycles. The molecular formula is C26H31ClN2O9. The molecule has 0 saturated carbocycles. The zero-order valence-electron chi connectivity index (χ0n) is 20.8. The van der Waals surface area contributed by atoms with Gasteiger partial charge in [0.05, 0.1) is 19.3 Å². The van der Waals surface area contributed by atoms with Crippen LogP contribution in [0.1, 0.15) is 33.2 Å². The molecule has 12 heteroatoms. The molecule has 5 rings (SSSR count). The Morgan fingerprint density at radius 1 is 1.05 bits per heavy atom. The van der Waals surface area contributed by atoms with E-state index in [1.165, 1.54) is 7.11 Å². The third kappa shape index (κ3) is 4.79. The van der Waals surface area contributed by atoms with Crippen molar-refractivity contribution >= 4 is 17.6 Å². The number of benzene rings is 2. The van der Waals surface area contributed by atoms with Gasteiger partial charge in [0.25, 0.3) is 0 Å². The number of methoxy groups -OCH3 is 1. The summed E-state index contributed by atoms with van der Waals surface area (Å²) in [5, 5.41) is 53.2. The predicted octanol–water partition coefficient (Wildman–Crippen LogP) is 0.771. The maximum absolute atomic E-state index is 13.2. The van der Waals surface area contributed by atoms with Crippen molar-refractivity contribution < 1.29 is 44.5 Å². The minimum absolute atomic E-state index is 0.0140. The molecule has 2 saturated heterocycles. The van der Waals surface area contributed by atoms with E-state index in [9.17, 15) is 30.3 Å². The summed E-state index contributed by atoms with van der Waals surface area (Å²) in [5.41, 5.74) is 1.22. The van der Waals surface area contributed by atoms with E-state index in [1.807, 2.05) is 24.3 Å². The normalized spacial score (nSPS) is 27.9. The first-order valence-corrected chi connectivity index (χ1v) is 12.8. The number of hydrogen-bond acceptors (Lipinski definition) is 11. The molecule has 2 aromatic carbocycles. The number of aliphatic hydroxyl groups excluding tert-OH is 3. The van der Waals surface area contributed by atoms with E-state index in [0.717, 1.165) is 25.2 Å². The number of phenolic OH excluding ortho intramolecular Hbond substituents is 2. The molecule has 206 valence electrons. The van der Waals surface area contributed by atoms with Gasteiger partial charge >= 0.3 is 5.97 Å². The fourth-order valence-corrected chi connectivity index (χ4v) is 5.70. The van der Waals surface area contributed by atoms with Crippen LogP contribution in [0.2, 0.25) is 5.02 Å². The molecule has 38 heavy (non-hydrogen) atoms. The van der Waals surface area contributed by atoms with Gasteiger partial charge in [0.15, 0.2) is 17.6 Å². The minimum Gasteiger partial charge on any atom is -0.504 e. The largest absolute Gasteiger partial charge is 0.504 e. The van der Waals surface area contributed by atoms with Crippen molar-refractivity contribution in [2.75, 3.05) is 39.9 Å². The van der Waals surface area contributed by atoms with Gasteiger partial charge < -0.3 is 39.7 Å². The van der Waals surface area contributed by atoms with Crippen molar-refractivity contribution in [2.24, 2.45) is 0 Å². The highest BCUT2D eigenvalue weighted by molar-refractivity contribution is 6.30. The van der Waals surface area contributed by atoms with E-state index in [0.29, 0.717) is 18.1 Å². The molecule has 11 nitrogen and oxygen atoms in total. The number of aliphatic hydroxyl groups is 3. The van der Waals surface area contributed by atoms with Gasteiger partial charge in [0, 0.05) is 55.4 Å². The summed E-state index contributed by atoms with van der Waals surface area (Å²) in [7, 11) is 1.27. The third-order valence-corrected chi connectivity index (χ3v) is 7.72. The maximum Gasteiger partial charge on any atom is 0.339 e. The number of phenols is 2. The van der Waals surface area contributed by atoms with Crippen LogP contribution < -0.4 is 4.74 Å². The summed E-state index contributed by atoms with van der Waals surface area (Å²) in [6.07, 6.45) is -6.75. The summed E-state index contributed by atoms with van der Waals surface area (Å²) >= 11 is 6.11. The van der Waals surface area contributed by atoms with Gasteiger partial charge in [0.1, 0.15) is 24.4 Å². The second-order valence-electron chi connectivity index (χ2n) is 9.81. The Labute approximate surface area is 224 Å². The van der Waals surface area contributed by atoms with Gasteiger partial charge in [-0.1, -0.05) is 23.7 Å². The average Bonchev–Trinajstić information content (AvgIpc) is 2.90. The number of hydrogen-bond donors (Lipinski definition) is 5. The summed E-state index contributed by atoms with van der Waals surface area (Å²) < 4.78 is 16.5. The minimum atomic E-state index is -1.56. The molecular weight excluding hydrogens is 520 g/mol. The van der Waals surface area contributed by atoms with Gasteiger partial charge in [-0.15, -0.1) is 0 Å². The summed E-state index contributed by atoms with van der Waals surface area (Å²) in [4.78, 5) is 17.5.